The van der Waals surface area contributed by atoms with Gasteiger partial charge in [-0.05, 0) is 18.6 Å². The van der Waals surface area contributed by atoms with E-state index in [0.717, 1.165) is 0 Å². The van der Waals surface area contributed by atoms with E-state index in [0.29, 0.717) is 18.4 Å². The number of carbonyl (C=O) groups is 1. The van der Waals surface area contributed by atoms with Crippen LogP contribution in [0.3, 0.4) is 0 Å². The second kappa shape index (κ2) is 6.97. The largest absolute Gasteiger partial charge is 0.394 e. The fourth-order valence-electron chi connectivity index (χ4n) is 3.06. The van der Waals surface area contributed by atoms with Crippen LogP contribution >= 0.6 is 0 Å². The number of ether oxygens (including phenoxy) is 1. The summed E-state index contributed by atoms with van der Waals surface area (Å²) in [6.45, 7) is 1.32. The molecular formula is C16H19N5O5. The van der Waals surface area contributed by atoms with Gasteiger partial charge in [0.25, 0.3) is 0 Å². The number of rotatable bonds is 5. The fraction of sp³-hybridized carbons (Fsp3) is 0.500. The number of fused-ring (bicyclic) bond motifs is 1. The smallest absolute Gasteiger partial charge is 0.225 e. The number of nitrogens with zero attached hydrogens (tertiary/aromatic N) is 4. The maximum absolute atomic E-state index is 11.9. The van der Waals surface area contributed by atoms with Gasteiger partial charge in [0.2, 0.25) is 11.5 Å². The number of aliphatic hydroxyl groups excluding tert-OH is 3. The number of amides is 1. The van der Waals surface area contributed by atoms with Gasteiger partial charge in [-0.2, -0.15) is 10.4 Å². The number of hydrogen-bond acceptors (Lipinski definition) is 8. The summed E-state index contributed by atoms with van der Waals surface area (Å²) in [6, 6.07) is 4.96. The van der Waals surface area contributed by atoms with E-state index in [1.807, 2.05) is 13.0 Å². The van der Waals surface area contributed by atoms with Gasteiger partial charge in [0.15, 0.2) is 5.82 Å². The van der Waals surface area contributed by atoms with Crippen LogP contribution in [0.5, 0.6) is 0 Å². The third-order valence-electron chi connectivity index (χ3n) is 4.37. The van der Waals surface area contributed by atoms with Crippen LogP contribution in [-0.4, -0.2) is 60.7 Å². The number of nitriles is 1. The molecule has 1 amide bonds. The fourth-order valence-corrected chi connectivity index (χ4v) is 3.06. The van der Waals surface area contributed by atoms with Gasteiger partial charge in [-0.25, -0.2) is 9.50 Å². The van der Waals surface area contributed by atoms with Crippen molar-refractivity contribution < 1.29 is 24.9 Å². The summed E-state index contributed by atoms with van der Waals surface area (Å²) in [7, 11) is 0. The number of carbonyl (C=O) groups excluding carboxylic acids is 1. The van der Waals surface area contributed by atoms with Crippen LogP contribution in [0.1, 0.15) is 25.5 Å². The molecule has 0 saturated carbocycles. The Bertz CT molecular complexity index is 862. The predicted molar refractivity (Wildman–Crippen MR) is 87.8 cm³/mol. The topological polar surface area (TPSA) is 153 Å². The highest BCUT2D eigenvalue weighted by Gasteiger charge is 2.57. The van der Waals surface area contributed by atoms with E-state index in [1.54, 1.807) is 6.07 Å². The van der Waals surface area contributed by atoms with Crippen LogP contribution in [0.15, 0.2) is 18.5 Å². The lowest BCUT2D eigenvalue weighted by Gasteiger charge is -2.24. The Morgan fingerprint density at radius 3 is 2.88 bits per heavy atom. The van der Waals surface area contributed by atoms with Gasteiger partial charge in [0.1, 0.15) is 36.2 Å². The van der Waals surface area contributed by atoms with Crippen LogP contribution in [-0.2, 0) is 15.1 Å². The number of aromatic nitrogens is 3. The minimum atomic E-state index is -1.92. The zero-order valence-electron chi connectivity index (χ0n) is 14.0. The number of aliphatic hydroxyl groups is 3. The molecule has 3 heterocycles. The Kier molecular flexibility index (Phi) is 4.88. The molecule has 138 valence electrons. The van der Waals surface area contributed by atoms with Crippen LogP contribution < -0.4 is 5.32 Å². The molecule has 10 nitrogen and oxygen atoms in total. The van der Waals surface area contributed by atoms with E-state index in [4.69, 9.17) is 4.74 Å². The summed E-state index contributed by atoms with van der Waals surface area (Å²) >= 11 is 0. The Morgan fingerprint density at radius 1 is 1.50 bits per heavy atom. The summed E-state index contributed by atoms with van der Waals surface area (Å²) in [5.74, 6) is 0.0447. The van der Waals surface area contributed by atoms with Crippen molar-refractivity contribution in [2.45, 2.75) is 43.7 Å². The van der Waals surface area contributed by atoms with Crippen molar-refractivity contribution in [2.24, 2.45) is 0 Å². The first kappa shape index (κ1) is 18.2. The molecule has 4 atom stereocenters. The molecule has 1 aliphatic rings. The molecule has 1 aliphatic heterocycles. The molecule has 0 aromatic carbocycles. The Morgan fingerprint density at radius 2 is 2.27 bits per heavy atom. The third kappa shape index (κ3) is 2.71. The SMILES string of the molecule is CCCC(=O)Nc1ncnn2c([C@]3(C#N)O[C@H](CO)[C@@H](O)[C@H]3O)ccc12. The van der Waals surface area contributed by atoms with Crippen molar-refractivity contribution in [3.63, 3.8) is 0 Å². The Labute approximate surface area is 148 Å². The molecule has 2 aromatic heterocycles. The third-order valence-corrected chi connectivity index (χ3v) is 4.37. The predicted octanol–water partition coefficient (Wildman–Crippen LogP) is -0.700. The number of nitrogens with one attached hydrogen (secondary N) is 1. The Hall–Kier alpha value is -2.58. The zero-order valence-corrected chi connectivity index (χ0v) is 14.0. The summed E-state index contributed by atoms with van der Waals surface area (Å²) in [4.78, 5) is 15.9. The average molecular weight is 361 g/mol. The van der Waals surface area contributed by atoms with E-state index in [-0.39, 0.29) is 17.4 Å². The molecule has 4 N–H and O–H groups in total. The average Bonchev–Trinajstić information content (AvgIpc) is 3.17. The minimum absolute atomic E-state index is 0.158. The second-order valence-electron chi connectivity index (χ2n) is 6.04. The highest BCUT2D eigenvalue weighted by atomic mass is 16.6. The maximum atomic E-state index is 11.9. The van der Waals surface area contributed by atoms with Crippen molar-refractivity contribution >= 4 is 17.2 Å². The van der Waals surface area contributed by atoms with Gasteiger partial charge in [-0.15, -0.1) is 0 Å². The normalized spacial score (nSPS) is 28.2. The highest BCUT2D eigenvalue weighted by molar-refractivity contribution is 5.93. The first-order valence-electron chi connectivity index (χ1n) is 8.17. The Balaban J connectivity index is 2.07. The molecule has 10 heteroatoms. The van der Waals surface area contributed by atoms with Gasteiger partial charge in [0.05, 0.1) is 12.3 Å². The van der Waals surface area contributed by atoms with E-state index in [1.165, 1.54) is 16.9 Å². The molecule has 1 fully saturated rings. The molecule has 0 aliphatic carbocycles. The van der Waals surface area contributed by atoms with Crippen LogP contribution in [0.2, 0.25) is 0 Å². The van der Waals surface area contributed by atoms with E-state index in [9.17, 15) is 25.4 Å². The number of anilines is 1. The van der Waals surface area contributed by atoms with Gasteiger partial charge in [-0.3, -0.25) is 4.79 Å². The lowest BCUT2D eigenvalue weighted by Crippen LogP contribution is -2.40. The van der Waals surface area contributed by atoms with Crippen molar-refractivity contribution in [3.8, 4) is 6.07 Å². The highest BCUT2D eigenvalue weighted by Crippen LogP contribution is 2.40. The number of hydrogen-bond donors (Lipinski definition) is 4. The van der Waals surface area contributed by atoms with Gasteiger partial charge >= 0.3 is 0 Å². The lowest BCUT2D eigenvalue weighted by atomic mass is 9.92. The minimum Gasteiger partial charge on any atom is -0.394 e. The van der Waals surface area contributed by atoms with Crippen LogP contribution in [0, 0.1) is 11.3 Å². The monoisotopic (exact) mass is 361 g/mol. The summed E-state index contributed by atoms with van der Waals surface area (Å²) in [5.41, 5.74) is -1.36. The molecule has 0 unspecified atom stereocenters. The maximum Gasteiger partial charge on any atom is 0.225 e. The molecule has 3 rings (SSSR count). The van der Waals surface area contributed by atoms with Crippen LogP contribution in [0.25, 0.3) is 5.52 Å². The standard InChI is InChI=1S/C16H19N5O5/c1-2-3-12(23)20-15-9-4-5-11(21(9)19-8-18-15)16(7-17)14(25)13(24)10(6-22)26-16/h4-5,8,10,13-14,22,24-25H,2-3,6H2,1H3,(H,18,19,20,23)/t10-,13-,14-,16+/m1/s1. The van der Waals surface area contributed by atoms with E-state index < -0.39 is 30.5 Å². The van der Waals surface area contributed by atoms with Gasteiger partial charge in [0, 0.05) is 6.42 Å². The van der Waals surface area contributed by atoms with Crippen LogP contribution in [0.4, 0.5) is 5.82 Å². The quantitative estimate of drug-likeness (QED) is 0.545. The first-order chi connectivity index (χ1) is 12.5. The molecule has 26 heavy (non-hydrogen) atoms. The molecular weight excluding hydrogens is 342 g/mol. The lowest BCUT2D eigenvalue weighted by molar-refractivity contribution is -0.116. The zero-order chi connectivity index (χ0) is 18.9. The summed E-state index contributed by atoms with van der Waals surface area (Å²) < 4.78 is 6.82. The molecule has 0 radical (unpaired) electrons. The molecule has 1 saturated heterocycles. The van der Waals surface area contributed by atoms with Gasteiger partial charge < -0.3 is 25.4 Å². The van der Waals surface area contributed by atoms with E-state index in [2.05, 4.69) is 15.4 Å². The van der Waals surface area contributed by atoms with Gasteiger partial charge in [-0.1, -0.05) is 6.92 Å². The molecule has 0 spiro atoms. The second-order valence-corrected chi connectivity index (χ2v) is 6.04. The van der Waals surface area contributed by atoms with Crippen molar-refractivity contribution in [1.29, 1.82) is 5.26 Å². The molecule has 2 aromatic rings. The van der Waals surface area contributed by atoms with Crippen molar-refractivity contribution in [2.75, 3.05) is 11.9 Å². The first-order valence-corrected chi connectivity index (χ1v) is 8.17. The van der Waals surface area contributed by atoms with Crippen molar-refractivity contribution in [1.82, 2.24) is 14.6 Å². The molecule has 0 bridgehead atoms. The van der Waals surface area contributed by atoms with E-state index >= 15 is 0 Å². The summed E-state index contributed by atoms with van der Waals surface area (Å²) in [5, 5.41) is 46.2. The summed E-state index contributed by atoms with van der Waals surface area (Å²) in [6.07, 6.45) is -1.92. The van der Waals surface area contributed by atoms with Crippen molar-refractivity contribution in [3.05, 3.63) is 24.2 Å².